The van der Waals surface area contributed by atoms with Crippen LogP contribution in [-0.4, -0.2) is 65.3 Å². The lowest BCUT2D eigenvalue weighted by Crippen LogP contribution is -2.54. The number of halogens is 1. The molecule has 2 N–H and O–H groups in total. The molecule has 196 valence electrons. The highest BCUT2D eigenvalue weighted by molar-refractivity contribution is 5.98. The number of amides is 2. The molecule has 2 amide bonds. The molecule has 0 aromatic carbocycles. The molecule has 8 nitrogen and oxygen atoms in total. The van der Waals surface area contributed by atoms with Crippen LogP contribution >= 0.6 is 0 Å². The van der Waals surface area contributed by atoms with E-state index in [0.717, 1.165) is 18.5 Å². The highest BCUT2D eigenvalue weighted by atomic mass is 19.1. The van der Waals surface area contributed by atoms with Gasteiger partial charge in [-0.1, -0.05) is 6.08 Å². The summed E-state index contributed by atoms with van der Waals surface area (Å²) in [5, 5.41) is 6.65. The maximum Gasteiger partial charge on any atom is 0.410 e. The molecule has 9 heteroatoms. The molecule has 0 aromatic rings. The molecule has 1 aliphatic heterocycles. The second kappa shape index (κ2) is 11.3. The van der Waals surface area contributed by atoms with Crippen LogP contribution in [-0.2, 0) is 9.53 Å². The number of carbonyl (C=O) groups is 2. The molecule has 1 spiro atoms. The van der Waals surface area contributed by atoms with Crippen molar-refractivity contribution in [3.8, 4) is 0 Å². The summed E-state index contributed by atoms with van der Waals surface area (Å²) in [7, 11) is 1.87. The molecule has 35 heavy (non-hydrogen) atoms. The maximum absolute atomic E-state index is 15.0. The van der Waals surface area contributed by atoms with Crippen LogP contribution in [0.2, 0.25) is 0 Å². The van der Waals surface area contributed by atoms with Crippen LogP contribution in [0.4, 0.5) is 9.18 Å². The Labute approximate surface area is 209 Å². The smallest absolute Gasteiger partial charge is 0.410 e. The Bertz CT molecular complexity index is 914. The lowest BCUT2D eigenvalue weighted by molar-refractivity contribution is -0.118. The van der Waals surface area contributed by atoms with Gasteiger partial charge in [-0.25, -0.2) is 9.18 Å². The van der Waals surface area contributed by atoms with Gasteiger partial charge >= 0.3 is 6.09 Å². The predicted molar refractivity (Wildman–Crippen MR) is 137 cm³/mol. The minimum Gasteiger partial charge on any atom is -0.444 e. The van der Waals surface area contributed by atoms with Gasteiger partial charge in [0.2, 0.25) is 0 Å². The van der Waals surface area contributed by atoms with E-state index in [1.54, 1.807) is 20.0 Å². The first-order valence-electron chi connectivity index (χ1n) is 12.2. The third kappa shape index (κ3) is 7.08. The lowest BCUT2D eigenvalue weighted by atomic mass is 9.94. The summed E-state index contributed by atoms with van der Waals surface area (Å²) < 4.78 is 20.6. The van der Waals surface area contributed by atoms with Gasteiger partial charge in [-0.05, 0) is 79.7 Å². The number of allylic oxidation sites excluding steroid dienone is 2. The van der Waals surface area contributed by atoms with Gasteiger partial charge in [0.05, 0.1) is 5.57 Å². The standard InChI is InChI=1S/C26H42FN5O3/c1-10-21(27)22(18(3)19(4)31(9)17(2)16-29-28-8)23(33)30-20-11-14-32(26(15-20)12-13-26)24(34)35-25(5,6)7/h10,16,19-20,29H,8,11-15H2,1-7,9H3,(H,30,33)/b17-16-,21-10+,22-18+/t19-,20?/m0/s1. The third-order valence-corrected chi connectivity index (χ3v) is 6.92. The number of hydrazone groups is 1. The monoisotopic (exact) mass is 491 g/mol. The number of hydrogen-bond donors (Lipinski definition) is 2. The van der Waals surface area contributed by atoms with E-state index in [4.69, 9.17) is 4.74 Å². The van der Waals surface area contributed by atoms with E-state index in [2.05, 4.69) is 22.6 Å². The van der Waals surface area contributed by atoms with Gasteiger partial charge in [-0.2, -0.15) is 5.10 Å². The summed E-state index contributed by atoms with van der Waals surface area (Å²) >= 11 is 0. The Balaban J connectivity index is 2.18. The molecule has 1 aliphatic carbocycles. The summed E-state index contributed by atoms with van der Waals surface area (Å²) in [5.74, 6) is -0.988. The number of carbonyl (C=O) groups excluding carboxylic acids is 2. The quantitative estimate of drug-likeness (QED) is 0.224. The first-order chi connectivity index (χ1) is 16.3. The Kier molecular flexibility index (Phi) is 9.14. The predicted octanol–water partition coefficient (Wildman–Crippen LogP) is 4.61. The lowest BCUT2D eigenvalue weighted by Gasteiger charge is -2.41. The fourth-order valence-corrected chi connectivity index (χ4v) is 4.46. The average Bonchev–Trinajstić information content (AvgIpc) is 3.53. The maximum atomic E-state index is 15.0. The molecule has 2 rings (SSSR count). The van der Waals surface area contributed by atoms with Crippen LogP contribution in [0.25, 0.3) is 0 Å². The van der Waals surface area contributed by atoms with Crippen molar-refractivity contribution in [1.82, 2.24) is 20.5 Å². The van der Waals surface area contributed by atoms with Crippen molar-refractivity contribution in [2.75, 3.05) is 13.6 Å². The van der Waals surface area contributed by atoms with E-state index in [1.165, 1.54) is 6.08 Å². The van der Waals surface area contributed by atoms with E-state index >= 15 is 0 Å². The van der Waals surface area contributed by atoms with Gasteiger partial charge in [0.25, 0.3) is 5.91 Å². The minimum atomic E-state index is -0.560. The molecule has 2 atom stereocenters. The molecule has 1 saturated heterocycles. The summed E-state index contributed by atoms with van der Waals surface area (Å²) in [6.07, 6.45) is 5.68. The van der Waals surface area contributed by atoms with Crippen molar-refractivity contribution in [1.29, 1.82) is 0 Å². The molecular formula is C26H42FN5O3. The number of nitrogens with zero attached hydrogens (tertiary/aromatic N) is 3. The van der Waals surface area contributed by atoms with Crippen molar-refractivity contribution in [2.24, 2.45) is 5.10 Å². The van der Waals surface area contributed by atoms with Gasteiger partial charge in [0.1, 0.15) is 11.4 Å². The highest BCUT2D eigenvalue weighted by Gasteiger charge is 2.54. The number of nitrogens with one attached hydrogen (secondary N) is 2. The summed E-state index contributed by atoms with van der Waals surface area (Å²) in [6, 6.07) is -0.387. The topological polar surface area (TPSA) is 86.3 Å². The van der Waals surface area contributed by atoms with Crippen LogP contribution in [0.5, 0.6) is 0 Å². The minimum absolute atomic E-state index is 0.0499. The number of rotatable bonds is 8. The molecule has 2 aliphatic rings. The third-order valence-electron chi connectivity index (χ3n) is 6.92. The number of piperidine rings is 1. The SMILES string of the molecule is C=NN/C=C(/C)N(C)[C@@H](C)/C(C)=C(C(=O)NC1CCN(C(=O)OC(C)(C)C)C2(CC2)C1)\C(F)=C/C. The molecule has 1 unspecified atom stereocenters. The van der Waals surface area contributed by atoms with Gasteiger partial charge in [0.15, 0.2) is 0 Å². The molecule has 0 aromatic heterocycles. The van der Waals surface area contributed by atoms with Crippen molar-refractivity contribution in [3.63, 3.8) is 0 Å². The Hall–Kier alpha value is -2.84. The second-order valence-corrected chi connectivity index (χ2v) is 10.6. The van der Waals surface area contributed by atoms with E-state index < -0.39 is 17.3 Å². The Morgan fingerprint density at radius 3 is 2.46 bits per heavy atom. The first-order valence-corrected chi connectivity index (χ1v) is 12.2. The number of likely N-dealkylation sites (N-methyl/N-ethyl adjacent to an activating group) is 1. The number of ether oxygens (including phenoxy) is 1. The van der Waals surface area contributed by atoms with Crippen molar-refractivity contribution in [3.05, 3.63) is 34.9 Å². The molecule has 2 fully saturated rings. The van der Waals surface area contributed by atoms with E-state index in [0.29, 0.717) is 25.0 Å². The molecule has 0 bridgehead atoms. The second-order valence-electron chi connectivity index (χ2n) is 10.6. The fraction of sp³-hybridized carbons (Fsp3) is 0.654. The number of hydrogen-bond acceptors (Lipinski definition) is 6. The number of likely N-dealkylation sites (tertiary alicyclic amines) is 1. The van der Waals surface area contributed by atoms with Gasteiger partial charge < -0.3 is 19.9 Å². The van der Waals surface area contributed by atoms with Crippen molar-refractivity contribution in [2.45, 2.75) is 97.4 Å². The van der Waals surface area contributed by atoms with Crippen LogP contribution in [0.1, 0.15) is 74.1 Å². The normalized spacial score (nSPS) is 21.6. The molecule has 1 heterocycles. The van der Waals surface area contributed by atoms with Gasteiger partial charge in [-0.3, -0.25) is 10.2 Å². The molecule has 0 radical (unpaired) electrons. The zero-order valence-electron chi connectivity index (χ0n) is 22.5. The Morgan fingerprint density at radius 2 is 1.94 bits per heavy atom. The van der Waals surface area contributed by atoms with E-state index in [1.807, 2.05) is 51.5 Å². The largest absolute Gasteiger partial charge is 0.444 e. The summed E-state index contributed by atoms with van der Waals surface area (Å²) in [6.45, 7) is 16.6. The fourth-order valence-electron chi connectivity index (χ4n) is 4.46. The molecule has 1 saturated carbocycles. The average molecular weight is 492 g/mol. The van der Waals surface area contributed by atoms with Gasteiger partial charge in [-0.15, -0.1) is 0 Å². The van der Waals surface area contributed by atoms with E-state index in [9.17, 15) is 14.0 Å². The zero-order chi connectivity index (χ0) is 26.6. The first kappa shape index (κ1) is 28.4. The van der Waals surface area contributed by atoms with Crippen LogP contribution in [0, 0.1) is 0 Å². The summed E-state index contributed by atoms with van der Waals surface area (Å²) in [5.41, 5.74) is 3.38. The van der Waals surface area contributed by atoms with Gasteiger partial charge in [0, 0.05) is 49.8 Å². The van der Waals surface area contributed by atoms with Crippen LogP contribution < -0.4 is 10.7 Å². The van der Waals surface area contributed by atoms with Crippen LogP contribution in [0.3, 0.4) is 0 Å². The highest BCUT2D eigenvalue weighted by Crippen LogP contribution is 2.49. The van der Waals surface area contributed by atoms with Crippen molar-refractivity contribution < 1.29 is 18.7 Å². The van der Waals surface area contributed by atoms with Crippen LogP contribution in [0.15, 0.2) is 40.0 Å². The van der Waals surface area contributed by atoms with E-state index in [-0.39, 0.29) is 29.3 Å². The zero-order valence-corrected chi connectivity index (χ0v) is 22.5. The Morgan fingerprint density at radius 1 is 1.31 bits per heavy atom. The molecular weight excluding hydrogens is 449 g/mol. The van der Waals surface area contributed by atoms with Crippen molar-refractivity contribution >= 4 is 18.7 Å². The summed E-state index contributed by atoms with van der Waals surface area (Å²) in [4.78, 5) is 29.8.